The van der Waals surface area contributed by atoms with Gasteiger partial charge in [-0.05, 0) is 25.4 Å². The SMILES string of the molecule is CCOP([O-])(=S)SCC.CCOP([O-])(=S)SCC.[Zn+2]. The third-order valence-corrected chi connectivity index (χ3v) is 10.1. The van der Waals surface area contributed by atoms with E-state index in [-0.39, 0.29) is 19.5 Å². The van der Waals surface area contributed by atoms with Crippen LogP contribution in [0.3, 0.4) is 0 Å². The molecular formula is C8H20O4P2S4Zn. The van der Waals surface area contributed by atoms with Crippen LogP contribution in [0.2, 0.25) is 0 Å². The van der Waals surface area contributed by atoms with Crippen molar-refractivity contribution in [3.8, 4) is 0 Å². The predicted molar refractivity (Wildman–Crippen MR) is 88.1 cm³/mol. The topological polar surface area (TPSA) is 64.6 Å². The third kappa shape index (κ3) is 20.5. The Labute approximate surface area is 147 Å². The van der Waals surface area contributed by atoms with Gasteiger partial charge < -0.3 is 18.8 Å². The Morgan fingerprint density at radius 3 is 1.26 bits per heavy atom. The zero-order valence-electron chi connectivity index (χ0n) is 11.7. The largest absolute Gasteiger partial charge is 2.00 e. The number of hydrogen-bond donors (Lipinski definition) is 0. The molecule has 0 aromatic carbocycles. The standard InChI is InChI=1S/2C4H11O2PS2.Zn/c2*1-3-6-7(5,8)9-4-2;/h2*3-4H2,1-2H3,(H,5,8);/q;;+2/p-2. The molecule has 0 aliphatic carbocycles. The average Bonchev–Trinajstić information content (AvgIpc) is 2.17. The van der Waals surface area contributed by atoms with Crippen LogP contribution < -0.4 is 9.79 Å². The zero-order valence-corrected chi connectivity index (χ0v) is 19.7. The maximum Gasteiger partial charge on any atom is 2.00 e. The van der Waals surface area contributed by atoms with E-state index in [0.717, 1.165) is 11.5 Å². The van der Waals surface area contributed by atoms with Crippen LogP contribution in [-0.2, 0) is 52.1 Å². The molecule has 112 valence electrons. The van der Waals surface area contributed by atoms with Gasteiger partial charge in [0.05, 0.1) is 0 Å². The summed E-state index contributed by atoms with van der Waals surface area (Å²) in [6.07, 6.45) is 0. The fourth-order valence-corrected chi connectivity index (χ4v) is 7.63. The zero-order chi connectivity index (χ0) is 14.7. The molecule has 0 saturated heterocycles. The molecule has 0 bridgehead atoms. The summed E-state index contributed by atoms with van der Waals surface area (Å²) in [5.41, 5.74) is -5.39. The van der Waals surface area contributed by atoms with E-state index in [2.05, 4.69) is 23.6 Å². The molecule has 2 atom stereocenters. The van der Waals surface area contributed by atoms with Crippen molar-refractivity contribution in [1.29, 1.82) is 0 Å². The van der Waals surface area contributed by atoms with Crippen LogP contribution in [0.1, 0.15) is 27.7 Å². The Kier molecular flexibility index (Phi) is 21.3. The van der Waals surface area contributed by atoms with Crippen LogP contribution in [0.4, 0.5) is 0 Å². The van der Waals surface area contributed by atoms with Gasteiger partial charge in [0.2, 0.25) is 0 Å². The fraction of sp³-hybridized carbons (Fsp3) is 1.00. The third-order valence-electron chi connectivity index (χ3n) is 1.15. The summed E-state index contributed by atoms with van der Waals surface area (Å²) in [6, 6.07) is 0. The molecule has 0 N–H and O–H groups in total. The second-order valence-electron chi connectivity index (χ2n) is 2.57. The van der Waals surface area contributed by atoms with Gasteiger partial charge in [0.1, 0.15) is 0 Å². The Hall–Kier alpha value is 2.46. The monoisotopic (exact) mass is 434 g/mol. The Balaban J connectivity index is -0.000000256. The molecule has 0 heterocycles. The van der Waals surface area contributed by atoms with Gasteiger partial charge in [-0.15, -0.1) is 22.8 Å². The van der Waals surface area contributed by atoms with E-state index in [1.54, 1.807) is 13.8 Å². The molecule has 0 amide bonds. The Morgan fingerprint density at radius 1 is 0.842 bits per heavy atom. The summed E-state index contributed by atoms with van der Waals surface area (Å²) in [4.78, 5) is 21.9. The van der Waals surface area contributed by atoms with Crippen molar-refractivity contribution in [2.75, 3.05) is 24.7 Å². The molecule has 0 aromatic heterocycles. The molecule has 0 radical (unpaired) electrons. The Morgan fingerprint density at radius 2 is 1.11 bits per heavy atom. The van der Waals surface area contributed by atoms with Crippen molar-refractivity contribution in [3.05, 3.63) is 0 Å². The molecule has 19 heavy (non-hydrogen) atoms. The van der Waals surface area contributed by atoms with Crippen molar-refractivity contribution in [2.24, 2.45) is 0 Å². The molecule has 11 heteroatoms. The van der Waals surface area contributed by atoms with Crippen LogP contribution in [0.5, 0.6) is 0 Å². The minimum absolute atomic E-state index is 0. The van der Waals surface area contributed by atoms with Gasteiger partial charge in [-0.2, -0.15) is 0 Å². The number of rotatable bonds is 8. The smallest absolute Gasteiger partial charge is 0.793 e. The van der Waals surface area contributed by atoms with E-state index in [1.807, 2.05) is 13.8 Å². The van der Waals surface area contributed by atoms with Crippen LogP contribution >= 0.6 is 34.2 Å². The van der Waals surface area contributed by atoms with Crippen molar-refractivity contribution in [3.63, 3.8) is 0 Å². The first-order chi connectivity index (χ1) is 8.24. The fourth-order valence-electron chi connectivity index (χ4n) is 0.707. The van der Waals surface area contributed by atoms with Crippen LogP contribution in [0.25, 0.3) is 0 Å². The molecule has 4 nitrogen and oxygen atoms in total. The normalized spacial score (nSPS) is 16.3. The molecular weight excluding hydrogens is 416 g/mol. The van der Waals surface area contributed by atoms with Gasteiger partial charge in [0.25, 0.3) is 0 Å². The summed E-state index contributed by atoms with van der Waals surface area (Å²) in [6.45, 7) is 8.26. The summed E-state index contributed by atoms with van der Waals surface area (Å²) in [7, 11) is 0. The van der Waals surface area contributed by atoms with E-state index in [9.17, 15) is 9.79 Å². The first kappa shape index (κ1) is 26.4. The molecule has 2 unspecified atom stereocenters. The summed E-state index contributed by atoms with van der Waals surface area (Å²) >= 11 is 11.7. The predicted octanol–water partition coefficient (Wildman–Crippen LogP) is 2.72. The first-order valence-corrected chi connectivity index (χ1v) is 13.9. The van der Waals surface area contributed by atoms with E-state index in [4.69, 9.17) is 9.05 Å². The quantitative estimate of drug-likeness (QED) is 0.426. The van der Waals surface area contributed by atoms with E-state index in [1.165, 1.54) is 22.8 Å². The number of hydrogen-bond acceptors (Lipinski definition) is 8. The van der Waals surface area contributed by atoms with E-state index in [0.29, 0.717) is 13.2 Å². The second-order valence-corrected chi connectivity index (χ2v) is 15.2. The van der Waals surface area contributed by atoms with Crippen molar-refractivity contribution in [2.45, 2.75) is 27.7 Å². The molecule has 0 saturated carbocycles. The molecule has 0 aliphatic rings. The average molecular weight is 436 g/mol. The molecule has 0 aliphatic heterocycles. The van der Waals surface area contributed by atoms with Gasteiger partial charge in [-0.25, -0.2) is 0 Å². The van der Waals surface area contributed by atoms with Gasteiger partial charge in [0, 0.05) is 24.6 Å². The molecule has 0 fully saturated rings. The minimum Gasteiger partial charge on any atom is -0.793 e. The van der Waals surface area contributed by atoms with Crippen LogP contribution in [0, 0.1) is 0 Å². The van der Waals surface area contributed by atoms with Gasteiger partial charge in [-0.3, -0.25) is 0 Å². The van der Waals surface area contributed by atoms with E-state index >= 15 is 0 Å². The van der Waals surface area contributed by atoms with Gasteiger partial charge in [0.15, 0.2) is 0 Å². The molecule has 0 rings (SSSR count). The first-order valence-electron chi connectivity index (χ1n) is 5.44. The maximum absolute atomic E-state index is 11.0. The van der Waals surface area contributed by atoms with Crippen molar-refractivity contribution in [1.82, 2.24) is 0 Å². The van der Waals surface area contributed by atoms with Crippen molar-refractivity contribution < 1.29 is 38.3 Å². The van der Waals surface area contributed by atoms with Crippen LogP contribution in [-0.4, -0.2) is 24.7 Å². The summed E-state index contributed by atoms with van der Waals surface area (Å²) < 4.78 is 9.61. The molecule has 0 aromatic rings. The summed E-state index contributed by atoms with van der Waals surface area (Å²) in [5.74, 6) is 1.50. The van der Waals surface area contributed by atoms with E-state index < -0.39 is 11.4 Å². The Bertz CT molecular complexity index is 248. The van der Waals surface area contributed by atoms with Gasteiger partial charge in [-0.1, -0.05) is 37.5 Å². The molecule has 0 spiro atoms. The van der Waals surface area contributed by atoms with Gasteiger partial charge >= 0.3 is 19.5 Å². The minimum atomic E-state index is -2.69. The van der Waals surface area contributed by atoms with Crippen molar-refractivity contribution >= 4 is 57.8 Å². The van der Waals surface area contributed by atoms with Crippen LogP contribution in [0.15, 0.2) is 0 Å². The second kappa shape index (κ2) is 15.4. The summed E-state index contributed by atoms with van der Waals surface area (Å²) in [5, 5.41) is 0. The maximum atomic E-state index is 11.0.